The highest BCUT2D eigenvalue weighted by molar-refractivity contribution is 5.90. The van der Waals surface area contributed by atoms with Gasteiger partial charge in [-0.25, -0.2) is 8.78 Å². The van der Waals surface area contributed by atoms with Crippen molar-refractivity contribution >= 4 is 17.7 Å². The molecule has 0 radical (unpaired) electrons. The summed E-state index contributed by atoms with van der Waals surface area (Å²) in [6.45, 7) is 5.01. The number of nitrogens with zero attached hydrogens (tertiary/aromatic N) is 2. The molecule has 3 aliphatic heterocycles. The lowest BCUT2D eigenvalue weighted by molar-refractivity contribution is -0.135. The summed E-state index contributed by atoms with van der Waals surface area (Å²) in [6, 6.07) is 3.67. The van der Waals surface area contributed by atoms with E-state index in [9.17, 15) is 23.2 Å². The molecule has 3 fully saturated rings. The monoisotopic (exact) mass is 435 g/mol. The van der Waals surface area contributed by atoms with Gasteiger partial charge in [-0.1, -0.05) is 6.07 Å². The van der Waals surface area contributed by atoms with Crippen LogP contribution in [0, 0.1) is 17.6 Å². The third-order valence-corrected chi connectivity index (χ3v) is 6.55. The standard InChI is InChI=1S/C22H27F2N3O4/c1-13(2)27-9-15(8-20(27)29)21(30)26-10-16(14-3-4-17(23)18(24)7-14)22(11-26)12-31-6-5-19(28)25-22/h3-4,7,13,15-16H,5-6,8-12H2,1-2H3,(H,25,28)/t15-,16-,22-/m0/s1. The SMILES string of the molecule is CC(C)N1C[C@@H](C(=O)N2C[C@@H](c3ccc(F)c(F)c3)[C@@]3(COCCC(=O)N3)C2)CC1=O. The number of likely N-dealkylation sites (tertiary alicyclic amines) is 2. The van der Waals surface area contributed by atoms with Gasteiger partial charge < -0.3 is 19.9 Å². The van der Waals surface area contributed by atoms with E-state index in [1.807, 2.05) is 13.8 Å². The van der Waals surface area contributed by atoms with E-state index in [0.29, 0.717) is 12.1 Å². The predicted molar refractivity (Wildman–Crippen MR) is 107 cm³/mol. The van der Waals surface area contributed by atoms with Crippen molar-refractivity contribution in [1.82, 2.24) is 15.1 Å². The number of benzene rings is 1. The molecule has 3 saturated heterocycles. The first kappa shape index (κ1) is 21.7. The van der Waals surface area contributed by atoms with Crippen molar-refractivity contribution in [1.29, 1.82) is 0 Å². The molecule has 3 heterocycles. The maximum Gasteiger partial charge on any atom is 0.228 e. The molecule has 3 aliphatic rings. The molecule has 0 unspecified atom stereocenters. The summed E-state index contributed by atoms with van der Waals surface area (Å²) in [5, 5.41) is 3.00. The number of carbonyl (C=O) groups is 3. The number of nitrogens with one attached hydrogen (secondary N) is 1. The minimum atomic E-state index is -0.979. The summed E-state index contributed by atoms with van der Waals surface area (Å²) in [5.74, 6) is -3.29. The lowest BCUT2D eigenvalue weighted by atomic mass is 9.82. The van der Waals surface area contributed by atoms with Crippen LogP contribution in [0.1, 0.15) is 38.2 Å². The lowest BCUT2D eigenvalue weighted by Crippen LogP contribution is -2.56. The fourth-order valence-corrected chi connectivity index (χ4v) is 4.95. The van der Waals surface area contributed by atoms with E-state index in [1.54, 1.807) is 9.80 Å². The van der Waals surface area contributed by atoms with Gasteiger partial charge in [0.15, 0.2) is 11.6 Å². The van der Waals surface area contributed by atoms with Crippen molar-refractivity contribution in [2.24, 2.45) is 5.92 Å². The minimum absolute atomic E-state index is 0.0136. The van der Waals surface area contributed by atoms with Crippen molar-refractivity contribution in [2.75, 3.05) is 32.8 Å². The topological polar surface area (TPSA) is 79.0 Å². The van der Waals surface area contributed by atoms with Crippen LogP contribution in [-0.2, 0) is 19.1 Å². The second-order valence-corrected chi connectivity index (χ2v) is 8.99. The number of hydrogen-bond donors (Lipinski definition) is 1. The molecule has 9 heteroatoms. The van der Waals surface area contributed by atoms with Crippen LogP contribution in [0.25, 0.3) is 0 Å². The Kier molecular flexibility index (Phi) is 5.72. The van der Waals surface area contributed by atoms with Gasteiger partial charge in [-0.3, -0.25) is 14.4 Å². The normalized spacial score (nSPS) is 29.1. The maximum atomic E-state index is 14.0. The Morgan fingerprint density at radius 2 is 2.00 bits per heavy atom. The van der Waals surface area contributed by atoms with E-state index < -0.39 is 29.0 Å². The van der Waals surface area contributed by atoms with E-state index in [0.717, 1.165) is 12.1 Å². The number of rotatable bonds is 3. The minimum Gasteiger partial charge on any atom is -0.378 e. The summed E-state index contributed by atoms with van der Waals surface area (Å²) < 4.78 is 33.2. The number of halogens is 2. The van der Waals surface area contributed by atoms with Crippen LogP contribution in [0.5, 0.6) is 0 Å². The number of hydrogen-bond acceptors (Lipinski definition) is 4. The summed E-state index contributed by atoms with van der Waals surface area (Å²) in [7, 11) is 0. The Hall–Kier alpha value is -2.55. The van der Waals surface area contributed by atoms with Gasteiger partial charge in [-0.2, -0.15) is 0 Å². The van der Waals surface area contributed by atoms with Crippen molar-refractivity contribution in [2.45, 2.75) is 44.2 Å². The molecule has 4 rings (SSSR count). The molecule has 168 valence electrons. The number of ether oxygens (including phenoxy) is 1. The zero-order chi connectivity index (χ0) is 22.3. The van der Waals surface area contributed by atoms with Gasteiger partial charge in [0.25, 0.3) is 0 Å². The molecular formula is C22H27F2N3O4. The summed E-state index contributed by atoms with van der Waals surface area (Å²) in [4.78, 5) is 41.3. The molecule has 0 saturated carbocycles. The zero-order valence-corrected chi connectivity index (χ0v) is 17.7. The smallest absolute Gasteiger partial charge is 0.228 e. The van der Waals surface area contributed by atoms with Crippen LogP contribution >= 0.6 is 0 Å². The Bertz CT molecular complexity index is 909. The molecule has 3 amide bonds. The molecule has 1 spiro atoms. The van der Waals surface area contributed by atoms with Gasteiger partial charge in [0.1, 0.15) is 0 Å². The van der Waals surface area contributed by atoms with Crippen molar-refractivity contribution in [3.63, 3.8) is 0 Å². The highest BCUT2D eigenvalue weighted by Gasteiger charge is 2.52. The van der Waals surface area contributed by atoms with Crippen LogP contribution in [0.3, 0.4) is 0 Å². The second-order valence-electron chi connectivity index (χ2n) is 8.99. The first-order valence-electron chi connectivity index (χ1n) is 10.6. The van der Waals surface area contributed by atoms with Gasteiger partial charge in [-0.05, 0) is 31.5 Å². The molecule has 0 bridgehead atoms. The highest BCUT2D eigenvalue weighted by Crippen LogP contribution is 2.39. The second kappa shape index (κ2) is 8.18. The van der Waals surface area contributed by atoms with Crippen molar-refractivity contribution in [3.05, 3.63) is 35.4 Å². The lowest BCUT2D eigenvalue weighted by Gasteiger charge is -2.34. The van der Waals surface area contributed by atoms with Crippen LogP contribution in [0.2, 0.25) is 0 Å². The van der Waals surface area contributed by atoms with Gasteiger partial charge in [-0.15, -0.1) is 0 Å². The highest BCUT2D eigenvalue weighted by atomic mass is 19.2. The van der Waals surface area contributed by atoms with Crippen molar-refractivity contribution in [3.8, 4) is 0 Å². The van der Waals surface area contributed by atoms with Crippen LogP contribution < -0.4 is 5.32 Å². The molecule has 0 aromatic heterocycles. The van der Waals surface area contributed by atoms with Gasteiger partial charge in [0.05, 0.1) is 24.7 Å². The number of amides is 3. The summed E-state index contributed by atoms with van der Waals surface area (Å²) in [6.07, 6.45) is 0.347. The van der Waals surface area contributed by atoms with E-state index >= 15 is 0 Å². The molecular weight excluding hydrogens is 408 g/mol. The Labute approximate surface area is 179 Å². The quantitative estimate of drug-likeness (QED) is 0.779. The zero-order valence-electron chi connectivity index (χ0n) is 17.7. The Morgan fingerprint density at radius 1 is 1.23 bits per heavy atom. The summed E-state index contributed by atoms with van der Waals surface area (Å²) >= 11 is 0. The molecule has 0 aliphatic carbocycles. The number of carbonyl (C=O) groups excluding carboxylic acids is 3. The molecule has 1 aromatic rings. The molecule has 1 N–H and O–H groups in total. The van der Waals surface area contributed by atoms with Gasteiger partial charge in [0, 0.05) is 44.4 Å². The third kappa shape index (κ3) is 4.03. The van der Waals surface area contributed by atoms with E-state index in [2.05, 4.69) is 5.32 Å². The molecule has 1 aromatic carbocycles. The van der Waals surface area contributed by atoms with E-state index in [4.69, 9.17) is 4.74 Å². The maximum absolute atomic E-state index is 14.0. The molecule has 3 atom stereocenters. The average molecular weight is 435 g/mol. The fourth-order valence-electron chi connectivity index (χ4n) is 4.95. The van der Waals surface area contributed by atoms with Gasteiger partial charge in [0.2, 0.25) is 17.7 Å². The Balaban J connectivity index is 1.63. The first-order valence-corrected chi connectivity index (χ1v) is 10.6. The molecule has 7 nitrogen and oxygen atoms in total. The largest absolute Gasteiger partial charge is 0.378 e. The molecule has 31 heavy (non-hydrogen) atoms. The predicted octanol–water partition coefficient (Wildman–Crippen LogP) is 1.42. The van der Waals surface area contributed by atoms with E-state index in [1.165, 1.54) is 6.07 Å². The third-order valence-electron chi connectivity index (χ3n) is 6.55. The van der Waals surface area contributed by atoms with E-state index in [-0.39, 0.29) is 62.9 Å². The van der Waals surface area contributed by atoms with Crippen LogP contribution in [0.4, 0.5) is 8.78 Å². The average Bonchev–Trinajstić information content (AvgIpc) is 3.22. The van der Waals surface area contributed by atoms with Gasteiger partial charge >= 0.3 is 0 Å². The van der Waals surface area contributed by atoms with Crippen LogP contribution in [-0.4, -0.2) is 72.0 Å². The van der Waals surface area contributed by atoms with Crippen LogP contribution in [0.15, 0.2) is 18.2 Å². The van der Waals surface area contributed by atoms with Crippen molar-refractivity contribution < 1.29 is 27.9 Å². The Morgan fingerprint density at radius 3 is 2.68 bits per heavy atom. The summed E-state index contributed by atoms with van der Waals surface area (Å²) in [5.41, 5.74) is -0.445. The first-order chi connectivity index (χ1) is 14.7. The fraction of sp³-hybridized carbons (Fsp3) is 0.591.